The van der Waals surface area contributed by atoms with Gasteiger partial charge in [0.25, 0.3) is 0 Å². The summed E-state index contributed by atoms with van der Waals surface area (Å²) in [6.07, 6.45) is 0.605. The molecule has 0 amide bonds. The molecule has 1 N–H and O–H groups in total. The average molecular weight is 236 g/mol. The Morgan fingerprint density at radius 2 is 2.24 bits per heavy atom. The third-order valence-corrected chi connectivity index (χ3v) is 3.23. The van der Waals surface area contributed by atoms with Crippen LogP contribution in [-0.2, 0) is 10.3 Å². The summed E-state index contributed by atoms with van der Waals surface area (Å²) >= 11 is 0. The molecule has 1 fully saturated rings. The number of rotatable bonds is 3. The zero-order chi connectivity index (χ0) is 12.5. The lowest BCUT2D eigenvalue weighted by Crippen LogP contribution is -2.33. The summed E-state index contributed by atoms with van der Waals surface area (Å²) in [4.78, 5) is 0. The Bertz CT molecular complexity index is 389. The second kappa shape index (κ2) is 4.67. The fourth-order valence-corrected chi connectivity index (χ4v) is 2.22. The number of hydrogen-bond acceptors (Lipinski definition) is 3. The Kier molecular flexibility index (Phi) is 3.40. The molecular formula is C14H20O3. The minimum Gasteiger partial charge on any atom is -0.491 e. The van der Waals surface area contributed by atoms with Crippen molar-refractivity contribution >= 4 is 0 Å². The molecule has 3 heteroatoms. The van der Waals surface area contributed by atoms with E-state index >= 15 is 0 Å². The van der Waals surface area contributed by atoms with Crippen molar-refractivity contribution in [2.24, 2.45) is 0 Å². The Morgan fingerprint density at radius 3 is 2.82 bits per heavy atom. The predicted octanol–water partition coefficient (Wildman–Crippen LogP) is 2.47. The fourth-order valence-electron chi connectivity index (χ4n) is 2.22. The van der Waals surface area contributed by atoms with Gasteiger partial charge in [0.2, 0.25) is 0 Å². The van der Waals surface area contributed by atoms with Crippen molar-refractivity contribution in [3.8, 4) is 5.75 Å². The third kappa shape index (κ3) is 2.45. The first-order valence-corrected chi connectivity index (χ1v) is 6.13. The van der Waals surface area contributed by atoms with Gasteiger partial charge in [-0.25, -0.2) is 0 Å². The van der Waals surface area contributed by atoms with Crippen LogP contribution in [-0.4, -0.2) is 23.9 Å². The molecule has 0 spiro atoms. The molecule has 0 saturated carbocycles. The normalized spacial score (nSPS) is 28.6. The van der Waals surface area contributed by atoms with Crippen molar-refractivity contribution in [1.29, 1.82) is 0 Å². The first kappa shape index (κ1) is 12.4. The summed E-state index contributed by atoms with van der Waals surface area (Å²) in [6, 6.07) is 7.66. The quantitative estimate of drug-likeness (QED) is 0.876. The molecule has 1 aliphatic heterocycles. The molecule has 2 rings (SSSR count). The van der Waals surface area contributed by atoms with Gasteiger partial charge >= 0.3 is 0 Å². The Morgan fingerprint density at radius 1 is 1.47 bits per heavy atom. The molecule has 0 radical (unpaired) electrons. The Hall–Kier alpha value is -1.06. The van der Waals surface area contributed by atoms with Crippen LogP contribution in [0.4, 0.5) is 0 Å². The molecule has 17 heavy (non-hydrogen) atoms. The smallest absolute Gasteiger partial charge is 0.120 e. The van der Waals surface area contributed by atoms with E-state index in [1.165, 1.54) is 0 Å². The second-order valence-corrected chi connectivity index (χ2v) is 4.88. The average Bonchev–Trinajstić information content (AvgIpc) is 2.60. The SMILES string of the molecule is CC(C)Oc1cccc(C2(O)CCOC2C)c1. The van der Waals surface area contributed by atoms with E-state index in [0.29, 0.717) is 13.0 Å². The van der Waals surface area contributed by atoms with Crippen LogP contribution in [0.3, 0.4) is 0 Å². The van der Waals surface area contributed by atoms with E-state index in [-0.39, 0.29) is 12.2 Å². The van der Waals surface area contributed by atoms with E-state index in [1.807, 2.05) is 45.0 Å². The van der Waals surface area contributed by atoms with Crippen LogP contribution in [0.25, 0.3) is 0 Å². The molecule has 1 aromatic rings. The topological polar surface area (TPSA) is 38.7 Å². The Balaban J connectivity index is 2.26. The lowest BCUT2D eigenvalue weighted by molar-refractivity contribution is -0.0318. The second-order valence-electron chi connectivity index (χ2n) is 4.88. The lowest BCUT2D eigenvalue weighted by Gasteiger charge is -2.27. The minimum atomic E-state index is -0.879. The van der Waals surface area contributed by atoms with E-state index < -0.39 is 5.60 Å². The Labute approximate surface area is 102 Å². The van der Waals surface area contributed by atoms with Gasteiger partial charge in [0.05, 0.1) is 18.8 Å². The van der Waals surface area contributed by atoms with Crippen LogP contribution < -0.4 is 4.74 Å². The van der Waals surface area contributed by atoms with Crippen LogP contribution in [0, 0.1) is 0 Å². The summed E-state index contributed by atoms with van der Waals surface area (Å²) in [7, 11) is 0. The molecule has 0 bridgehead atoms. The molecule has 1 heterocycles. The molecule has 1 saturated heterocycles. The maximum absolute atomic E-state index is 10.6. The van der Waals surface area contributed by atoms with Crippen molar-refractivity contribution in [2.45, 2.75) is 45.0 Å². The predicted molar refractivity (Wildman–Crippen MR) is 66.1 cm³/mol. The number of aliphatic hydroxyl groups is 1. The van der Waals surface area contributed by atoms with Crippen molar-refractivity contribution in [3.63, 3.8) is 0 Å². The highest BCUT2D eigenvalue weighted by atomic mass is 16.5. The maximum Gasteiger partial charge on any atom is 0.120 e. The highest BCUT2D eigenvalue weighted by Crippen LogP contribution is 2.37. The summed E-state index contributed by atoms with van der Waals surface area (Å²) in [5, 5.41) is 10.6. The van der Waals surface area contributed by atoms with Crippen molar-refractivity contribution < 1.29 is 14.6 Å². The van der Waals surface area contributed by atoms with Gasteiger partial charge in [0.1, 0.15) is 11.4 Å². The van der Waals surface area contributed by atoms with Gasteiger partial charge in [-0.15, -0.1) is 0 Å². The fraction of sp³-hybridized carbons (Fsp3) is 0.571. The van der Waals surface area contributed by atoms with Gasteiger partial charge in [-0.1, -0.05) is 12.1 Å². The first-order valence-electron chi connectivity index (χ1n) is 6.13. The standard InChI is InChI=1S/C14H20O3/c1-10(2)17-13-6-4-5-12(9-13)14(15)7-8-16-11(14)3/h4-6,9-11,15H,7-8H2,1-3H3. The van der Waals surface area contributed by atoms with Gasteiger partial charge in [0.15, 0.2) is 0 Å². The summed E-state index contributed by atoms with van der Waals surface area (Å²) < 4.78 is 11.1. The highest BCUT2D eigenvalue weighted by Gasteiger charge is 2.41. The zero-order valence-corrected chi connectivity index (χ0v) is 10.6. The molecule has 1 aliphatic rings. The van der Waals surface area contributed by atoms with E-state index in [4.69, 9.17) is 9.47 Å². The van der Waals surface area contributed by atoms with Crippen LogP contribution in [0.1, 0.15) is 32.8 Å². The molecule has 0 aliphatic carbocycles. The first-order chi connectivity index (χ1) is 8.02. The van der Waals surface area contributed by atoms with Gasteiger partial charge in [-0.3, -0.25) is 0 Å². The zero-order valence-electron chi connectivity index (χ0n) is 10.6. The van der Waals surface area contributed by atoms with Gasteiger partial charge in [-0.05, 0) is 38.5 Å². The van der Waals surface area contributed by atoms with Gasteiger partial charge in [-0.2, -0.15) is 0 Å². The van der Waals surface area contributed by atoms with Crippen LogP contribution in [0.15, 0.2) is 24.3 Å². The maximum atomic E-state index is 10.6. The third-order valence-electron chi connectivity index (χ3n) is 3.23. The van der Waals surface area contributed by atoms with Gasteiger partial charge < -0.3 is 14.6 Å². The largest absolute Gasteiger partial charge is 0.491 e. The molecule has 1 aromatic carbocycles. The van der Waals surface area contributed by atoms with Crippen LogP contribution in [0.5, 0.6) is 5.75 Å². The lowest BCUT2D eigenvalue weighted by atomic mass is 9.88. The monoisotopic (exact) mass is 236 g/mol. The van der Waals surface area contributed by atoms with Crippen molar-refractivity contribution in [1.82, 2.24) is 0 Å². The van der Waals surface area contributed by atoms with E-state index in [9.17, 15) is 5.11 Å². The van der Waals surface area contributed by atoms with Crippen molar-refractivity contribution in [2.75, 3.05) is 6.61 Å². The highest BCUT2D eigenvalue weighted by molar-refractivity contribution is 5.33. The van der Waals surface area contributed by atoms with Crippen molar-refractivity contribution in [3.05, 3.63) is 29.8 Å². The van der Waals surface area contributed by atoms with Gasteiger partial charge in [0, 0.05) is 6.42 Å². The molecule has 3 nitrogen and oxygen atoms in total. The van der Waals surface area contributed by atoms with E-state index in [0.717, 1.165) is 11.3 Å². The number of benzene rings is 1. The summed E-state index contributed by atoms with van der Waals surface area (Å²) in [6.45, 7) is 6.49. The summed E-state index contributed by atoms with van der Waals surface area (Å²) in [5.74, 6) is 0.796. The van der Waals surface area contributed by atoms with Crippen LogP contribution in [0.2, 0.25) is 0 Å². The van der Waals surface area contributed by atoms with Crippen LogP contribution >= 0.6 is 0 Å². The van der Waals surface area contributed by atoms with E-state index in [1.54, 1.807) is 0 Å². The molecular weight excluding hydrogens is 216 g/mol. The summed E-state index contributed by atoms with van der Waals surface area (Å²) in [5.41, 5.74) is -0.00302. The molecule has 0 aromatic heterocycles. The van der Waals surface area contributed by atoms with E-state index in [2.05, 4.69) is 0 Å². The molecule has 2 atom stereocenters. The molecule has 2 unspecified atom stereocenters. The number of hydrogen-bond donors (Lipinski definition) is 1. The molecule has 94 valence electrons. The minimum absolute atomic E-state index is 0.136. The number of ether oxygens (including phenoxy) is 2.